The van der Waals surface area contributed by atoms with Crippen molar-refractivity contribution in [3.63, 3.8) is 0 Å². The summed E-state index contributed by atoms with van der Waals surface area (Å²) < 4.78 is 12.1. The lowest BCUT2D eigenvalue weighted by atomic mass is 9.86. The standard InChI is InChI=1S/C38H58N2O3S.BrH/c1-5-6-7-8-9-10-11-12-13-14-15-16-17-18-26-42-36-24-23-34(28-35(36)38(2,3)4)43-30-37(41)39-33-21-19-32(20-22-33)29-40-25-27-44-31-40;/h19-25,27-28H,5-18,26,29-31H2,1-4H3,(H,39,41);1H. The minimum Gasteiger partial charge on any atom is -0.493 e. The number of amides is 1. The predicted octanol–water partition coefficient (Wildman–Crippen LogP) is 11.4. The van der Waals surface area contributed by atoms with Gasteiger partial charge in [0.2, 0.25) is 0 Å². The summed E-state index contributed by atoms with van der Waals surface area (Å²) in [6, 6.07) is 13.9. The largest absolute Gasteiger partial charge is 0.493 e. The fraction of sp³-hybridized carbons (Fsp3) is 0.605. The van der Waals surface area contributed by atoms with E-state index in [1.165, 1.54) is 89.0 Å². The third-order valence-corrected chi connectivity index (χ3v) is 8.91. The van der Waals surface area contributed by atoms with Gasteiger partial charge >= 0.3 is 0 Å². The second-order valence-electron chi connectivity index (χ2n) is 13.2. The molecular weight excluding hydrogens is 644 g/mol. The molecule has 1 aliphatic rings. The fourth-order valence-corrected chi connectivity index (χ4v) is 6.19. The molecule has 252 valence electrons. The maximum absolute atomic E-state index is 12.6. The quantitative estimate of drug-likeness (QED) is 0.124. The van der Waals surface area contributed by atoms with Crippen LogP contribution in [0.3, 0.4) is 0 Å². The van der Waals surface area contributed by atoms with Crippen LogP contribution in [0.5, 0.6) is 11.5 Å². The van der Waals surface area contributed by atoms with Crippen LogP contribution in [0, 0.1) is 0 Å². The number of carbonyl (C=O) groups excluding carboxylic acids is 1. The van der Waals surface area contributed by atoms with Gasteiger partial charge in [0.25, 0.3) is 5.91 Å². The molecule has 1 heterocycles. The van der Waals surface area contributed by atoms with Gasteiger partial charge in [-0.2, -0.15) is 0 Å². The highest BCUT2D eigenvalue weighted by molar-refractivity contribution is 8.93. The zero-order valence-corrected chi connectivity index (χ0v) is 30.9. The molecule has 0 aliphatic carbocycles. The highest BCUT2D eigenvalue weighted by Gasteiger charge is 2.20. The monoisotopic (exact) mass is 702 g/mol. The van der Waals surface area contributed by atoms with Gasteiger partial charge in [0, 0.05) is 24.0 Å². The van der Waals surface area contributed by atoms with E-state index >= 15 is 0 Å². The van der Waals surface area contributed by atoms with Crippen molar-refractivity contribution in [1.82, 2.24) is 4.90 Å². The van der Waals surface area contributed by atoms with Crippen molar-refractivity contribution in [3.05, 3.63) is 65.2 Å². The highest BCUT2D eigenvalue weighted by Crippen LogP contribution is 2.34. The number of nitrogens with zero attached hydrogens (tertiary/aromatic N) is 1. The van der Waals surface area contributed by atoms with Crippen molar-refractivity contribution in [2.24, 2.45) is 0 Å². The summed E-state index contributed by atoms with van der Waals surface area (Å²) in [5.41, 5.74) is 2.99. The van der Waals surface area contributed by atoms with Gasteiger partial charge in [-0.3, -0.25) is 4.79 Å². The van der Waals surface area contributed by atoms with Crippen LogP contribution in [0.4, 0.5) is 5.69 Å². The molecule has 7 heteroatoms. The van der Waals surface area contributed by atoms with Crippen molar-refractivity contribution in [2.75, 3.05) is 24.4 Å². The average molecular weight is 704 g/mol. The highest BCUT2D eigenvalue weighted by atomic mass is 79.9. The molecule has 1 N–H and O–H groups in total. The number of ether oxygens (including phenoxy) is 2. The number of anilines is 1. The van der Waals surface area contributed by atoms with Crippen LogP contribution in [-0.4, -0.2) is 29.9 Å². The minimum absolute atomic E-state index is 0. The summed E-state index contributed by atoms with van der Waals surface area (Å²) >= 11 is 1.80. The van der Waals surface area contributed by atoms with Gasteiger partial charge in [-0.15, -0.1) is 28.7 Å². The molecule has 0 spiro atoms. The summed E-state index contributed by atoms with van der Waals surface area (Å²) in [5.74, 6) is 2.40. The number of hydrogen-bond donors (Lipinski definition) is 1. The number of carbonyl (C=O) groups is 1. The van der Waals surface area contributed by atoms with E-state index in [1.807, 2.05) is 30.3 Å². The molecule has 1 aliphatic heterocycles. The smallest absolute Gasteiger partial charge is 0.262 e. The van der Waals surface area contributed by atoms with Crippen LogP contribution in [0.2, 0.25) is 0 Å². The average Bonchev–Trinajstić information content (AvgIpc) is 3.52. The molecule has 5 nitrogen and oxygen atoms in total. The van der Waals surface area contributed by atoms with Gasteiger partial charge in [-0.25, -0.2) is 0 Å². The predicted molar refractivity (Wildman–Crippen MR) is 199 cm³/mol. The Morgan fingerprint density at radius 3 is 1.98 bits per heavy atom. The number of benzene rings is 2. The molecule has 0 saturated heterocycles. The van der Waals surface area contributed by atoms with Gasteiger partial charge in [0.1, 0.15) is 11.5 Å². The molecule has 2 aromatic carbocycles. The summed E-state index contributed by atoms with van der Waals surface area (Å²) in [7, 11) is 0. The first-order valence-corrected chi connectivity index (χ1v) is 18.2. The Morgan fingerprint density at radius 1 is 0.822 bits per heavy atom. The molecule has 2 aromatic rings. The number of halogens is 1. The van der Waals surface area contributed by atoms with Gasteiger partial charge in [-0.05, 0) is 53.1 Å². The topological polar surface area (TPSA) is 50.8 Å². The van der Waals surface area contributed by atoms with Crippen LogP contribution in [0.15, 0.2) is 54.1 Å². The van der Waals surface area contributed by atoms with Crippen LogP contribution in [0.1, 0.15) is 129 Å². The van der Waals surface area contributed by atoms with E-state index in [2.05, 4.69) is 61.7 Å². The van der Waals surface area contributed by atoms with Gasteiger partial charge in [0.15, 0.2) is 6.61 Å². The first-order valence-electron chi connectivity index (χ1n) is 17.2. The van der Waals surface area contributed by atoms with E-state index in [-0.39, 0.29) is 34.9 Å². The normalized spacial score (nSPS) is 12.7. The molecule has 0 aromatic heterocycles. The van der Waals surface area contributed by atoms with E-state index < -0.39 is 0 Å². The zero-order chi connectivity index (χ0) is 31.5. The van der Waals surface area contributed by atoms with Crippen LogP contribution < -0.4 is 14.8 Å². The summed E-state index contributed by atoms with van der Waals surface area (Å²) in [6.45, 7) is 10.4. The molecule has 0 radical (unpaired) electrons. The van der Waals surface area contributed by atoms with Crippen molar-refractivity contribution in [1.29, 1.82) is 0 Å². The number of rotatable bonds is 22. The van der Waals surface area contributed by atoms with Gasteiger partial charge < -0.3 is 19.7 Å². The number of thioether (sulfide) groups is 1. The second-order valence-corrected chi connectivity index (χ2v) is 14.1. The lowest BCUT2D eigenvalue weighted by Gasteiger charge is -2.24. The molecule has 1 amide bonds. The number of hydrogen-bond acceptors (Lipinski definition) is 5. The van der Waals surface area contributed by atoms with E-state index in [0.29, 0.717) is 5.75 Å². The molecule has 0 saturated carbocycles. The van der Waals surface area contributed by atoms with Gasteiger partial charge in [-0.1, -0.05) is 123 Å². The molecule has 45 heavy (non-hydrogen) atoms. The molecule has 3 rings (SSSR count). The van der Waals surface area contributed by atoms with E-state index in [4.69, 9.17) is 9.47 Å². The van der Waals surface area contributed by atoms with E-state index in [9.17, 15) is 4.79 Å². The lowest BCUT2D eigenvalue weighted by molar-refractivity contribution is -0.118. The molecule has 0 atom stereocenters. The van der Waals surface area contributed by atoms with Crippen molar-refractivity contribution in [2.45, 2.75) is 130 Å². The first kappa shape index (κ1) is 39.1. The first-order chi connectivity index (χ1) is 21.3. The molecule has 0 unspecified atom stereocenters. The van der Waals surface area contributed by atoms with Crippen molar-refractivity contribution < 1.29 is 14.3 Å². The number of unbranched alkanes of at least 4 members (excludes halogenated alkanes) is 13. The Bertz CT molecular complexity index is 1120. The Morgan fingerprint density at radius 2 is 1.42 bits per heavy atom. The zero-order valence-electron chi connectivity index (χ0n) is 28.4. The summed E-state index contributed by atoms with van der Waals surface area (Å²) in [4.78, 5) is 14.8. The van der Waals surface area contributed by atoms with Crippen LogP contribution in [-0.2, 0) is 16.8 Å². The van der Waals surface area contributed by atoms with Crippen molar-refractivity contribution >= 4 is 40.3 Å². The minimum atomic E-state index is -0.174. The van der Waals surface area contributed by atoms with Gasteiger partial charge in [0.05, 0.1) is 12.5 Å². The Balaban J connectivity index is 0.00000705. The second kappa shape index (κ2) is 22.4. The van der Waals surface area contributed by atoms with E-state index in [1.54, 1.807) is 11.8 Å². The summed E-state index contributed by atoms with van der Waals surface area (Å²) in [6.07, 6.45) is 21.1. The maximum Gasteiger partial charge on any atom is 0.262 e. The fourth-order valence-electron chi connectivity index (χ4n) is 5.47. The van der Waals surface area contributed by atoms with E-state index in [0.717, 1.165) is 42.4 Å². The van der Waals surface area contributed by atoms with Crippen molar-refractivity contribution in [3.8, 4) is 11.5 Å². The Kier molecular flexibility index (Phi) is 19.5. The number of nitrogens with one attached hydrogen (secondary N) is 1. The lowest BCUT2D eigenvalue weighted by Crippen LogP contribution is -2.20. The Labute approximate surface area is 289 Å². The van der Waals surface area contributed by atoms with Crippen LogP contribution in [0.25, 0.3) is 0 Å². The van der Waals surface area contributed by atoms with Crippen LogP contribution >= 0.6 is 28.7 Å². The Hall–Kier alpha value is -2.12. The molecular formula is C38H59BrN2O3S. The molecule has 0 fully saturated rings. The molecule has 0 bridgehead atoms. The summed E-state index contributed by atoms with van der Waals surface area (Å²) in [5, 5.41) is 5.05. The SMILES string of the molecule is Br.CCCCCCCCCCCCCCCCOc1ccc(OCC(=O)Nc2ccc(CN3C=CSC3)cc2)cc1C(C)(C)C. The third-order valence-electron chi connectivity index (χ3n) is 8.12. The maximum atomic E-state index is 12.6. The third kappa shape index (κ3) is 16.3.